The Hall–Kier alpha value is -2.61. The van der Waals surface area contributed by atoms with Crippen LogP contribution in [0.2, 0.25) is 0 Å². The minimum absolute atomic E-state index is 0. The Kier molecular flexibility index (Phi) is 3.92. The Labute approximate surface area is 132 Å². The summed E-state index contributed by atoms with van der Waals surface area (Å²) < 4.78 is 0. The predicted octanol–water partition coefficient (Wildman–Crippen LogP) is 4.81. The van der Waals surface area contributed by atoms with E-state index in [1.165, 1.54) is 10.8 Å². The largest absolute Gasteiger partial charge is 0.352 e. The number of aryl methyl sites for hydroxylation is 1. The van der Waals surface area contributed by atoms with E-state index in [9.17, 15) is 4.79 Å². The second-order valence-corrected chi connectivity index (χ2v) is 5.44. The van der Waals surface area contributed by atoms with E-state index >= 15 is 0 Å². The minimum atomic E-state index is -0.0227. The molecule has 0 fully saturated rings. The third kappa shape index (κ3) is 2.60. The molecule has 0 atom stereocenters. The van der Waals surface area contributed by atoms with Crippen molar-refractivity contribution in [2.75, 3.05) is 6.54 Å². The summed E-state index contributed by atoms with van der Waals surface area (Å²) in [5, 5.41) is 5.25. The van der Waals surface area contributed by atoms with Crippen molar-refractivity contribution in [3.63, 3.8) is 0 Å². The topological polar surface area (TPSA) is 29.1 Å². The maximum Gasteiger partial charge on any atom is 0.251 e. The van der Waals surface area contributed by atoms with E-state index in [4.69, 9.17) is 0 Å². The van der Waals surface area contributed by atoms with Gasteiger partial charge in [-0.2, -0.15) is 0 Å². The van der Waals surface area contributed by atoms with Crippen LogP contribution in [0.1, 0.15) is 24.3 Å². The van der Waals surface area contributed by atoms with Crippen LogP contribution in [-0.4, -0.2) is 12.5 Å². The molecule has 1 N–H and O–H groups in total. The van der Waals surface area contributed by atoms with Crippen molar-refractivity contribution >= 4 is 16.7 Å². The van der Waals surface area contributed by atoms with E-state index in [2.05, 4.69) is 42.6 Å². The van der Waals surface area contributed by atoms with Crippen molar-refractivity contribution in [3.8, 4) is 11.1 Å². The van der Waals surface area contributed by atoms with Crippen molar-refractivity contribution in [3.05, 3.63) is 71.8 Å². The molecule has 0 saturated carbocycles. The lowest BCUT2D eigenvalue weighted by Gasteiger charge is -2.13. The number of nitrogens with one attached hydrogen (secondary N) is 1. The van der Waals surface area contributed by atoms with Gasteiger partial charge in [0.05, 0.1) is 0 Å². The summed E-state index contributed by atoms with van der Waals surface area (Å²) in [6.07, 6.45) is 0. The highest BCUT2D eigenvalue weighted by Gasteiger charge is 2.14. The van der Waals surface area contributed by atoms with Crippen LogP contribution in [0.3, 0.4) is 0 Å². The van der Waals surface area contributed by atoms with Gasteiger partial charge in [0.25, 0.3) is 5.91 Å². The van der Waals surface area contributed by atoms with Crippen LogP contribution in [0.5, 0.6) is 0 Å². The van der Waals surface area contributed by atoms with Gasteiger partial charge >= 0.3 is 0 Å². The highest BCUT2D eigenvalue weighted by atomic mass is 16.1. The number of carbonyl (C=O) groups is 1. The normalized spacial score (nSPS) is 10.6. The van der Waals surface area contributed by atoms with E-state index in [0.717, 1.165) is 22.3 Å². The fraction of sp³-hybridized carbons (Fsp3) is 0.150. The van der Waals surface area contributed by atoms with Gasteiger partial charge in [-0.05, 0) is 41.8 Å². The molecule has 3 aromatic carbocycles. The maximum atomic E-state index is 12.4. The molecular formula is C20H21NO. The second-order valence-electron chi connectivity index (χ2n) is 5.44. The average molecular weight is 291 g/mol. The van der Waals surface area contributed by atoms with Crippen molar-refractivity contribution in [1.82, 2.24) is 5.32 Å². The fourth-order valence-electron chi connectivity index (χ4n) is 2.79. The highest BCUT2D eigenvalue weighted by Crippen LogP contribution is 2.31. The molecule has 22 heavy (non-hydrogen) atoms. The molecule has 0 heterocycles. The standard InChI is InChI=1S/C20H19NO.H2/c1-3-21-20(22)18-12-11-14(2)13-19(18)17-10-6-8-15-7-4-5-9-16(15)17;/h4-13H,3H2,1-2H3,(H,21,22);1H. The van der Waals surface area contributed by atoms with Crippen LogP contribution in [0.15, 0.2) is 60.7 Å². The second kappa shape index (κ2) is 6.02. The zero-order valence-electron chi connectivity index (χ0n) is 12.9. The highest BCUT2D eigenvalue weighted by molar-refractivity contribution is 6.06. The van der Waals surface area contributed by atoms with Gasteiger partial charge in [0.15, 0.2) is 0 Å². The van der Waals surface area contributed by atoms with Crippen LogP contribution in [-0.2, 0) is 0 Å². The summed E-state index contributed by atoms with van der Waals surface area (Å²) in [4.78, 5) is 12.4. The molecule has 0 radical (unpaired) electrons. The van der Waals surface area contributed by atoms with Gasteiger partial charge in [-0.3, -0.25) is 4.79 Å². The summed E-state index contributed by atoms with van der Waals surface area (Å²) >= 11 is 0. The number of fused-ring (bicyclic) bond motifs is 1. The Morgan fingerprint density at radius 1 is 1.00 bits per heavy atom. The lowest BCUT2D eigenvalue weighted by atomic mass is 9.93. The van der Waals surface area contributed by atoms with Gasteiger partial charge < -0.3 is 5.32 Å². The SMILES string of the molecule is CCNC(=O)c1ccc(C)cc1-c1cccc2ccccc12.[HH]. The van der Waals surface area contributed by atoms with Gasteiger partial charge in [0.1, 0.15) is 0 Å². The summed E-state index contributed by atoms with van der Waals surface area (Å²) in [5.41, 5.74) is 3.96. The van der Waals surface area contributed by atoms with E-state index in [1.807, 2.05) is 37.3 Å². The quantitative estimate of drug-likeness (QED) is 0.737. The van der Waals surface area contributed by atoms with Crippen LogP contribution in [0.25, 0.3) is 21.9 Å². The molecule has 0 aliphatic heterocycles. The molecule has 2 heteroatoms. The van der Waals surface area contributed by atoms with Crippen LogP contribution in [0, 0.1) is 6.92 Å². The Balaban J connectivity index is 0.00000192. The summed E-state index contributed by atoms with van der Waals surface area (Å²) in [7, 11) is 0. The number of rotatable bonds is 3. The van der Waals surface area contributed by atoms with Crippen molar-refractivity contribution in [2.24, 2.45) is 0 Å². The van der Waals surface area contributed by atoms with Gasteiger partial charge in [-0.15, -0.1) is 0 Å². The first kappa shape index (κ1) is 14.3. The third-order valence-corrected chi connectivity index (χ3v) is 3.84. The predicted molar refractivity (Wildman–Crippen MR) is 94.2 cm³/mol. The Bertz CT molecular complexity index is 837. The Morgan fingerprint density at radius 3 is 2.59 bits per heavy atom. The summed E-state index contributed by atoms with van der Waals surface area (Å²) in [6, 6.07) is 20.5. The minimum Gasteiger partial charge on any atom is -0.352 e. The molecule has 0 aliphatic rings. The van der Waals surface area contributed by atoms with Gasteiger partial charge in [0, 0.05) is 13.5 Å². The number of amides is 1. The summed E-state index contributed by atoms with van der Waals surface area (Å²) in [6.45, 7) is 4.61. The number of hydrogen-bond acceptors (Lipinski definition) is 1. The average Bonchev–Trinajstić information content (AvgIpc) is 2.54. The van der Waals surface area contributed by atoms with Gasteiger partial charge in [-0.1, -0.05) is 60.2 Å². The van der Waals surface area contributed by atoms with E-state index in [-0.39, 0.29) is 7.33 Å². The molecule has 1 amide bonds. The first-order valence-electron chi connectivity index (χ1n) is 7.57. The van der Waals surface area contributed by atoms with Gasteiger partial charge in [0.2, 0.25) is 0 Å². The monoisotopic (exact) mass is 291 g/mol. The third-order valence-electron chi connectivity index (χ3n) is 3.84. The number of hydrogen-bond donors (Lipinski definition) is 1. The molecule has 0 bridgehead atoms. The van der Waals surface area contributed by atoms with E-state index < -0.39 is 0 Å². The fourth-order valence-corrected chi connectivity index (χ4v) is 2.79. The summed E-state index contributed by atoms with van der Waals surface area (Å²) in [5.74, 6) is -0.0227. The lowest BCUT2D eigenvalue weighted by Crippen LogP contribution is -2.23. The van der Waals surface area contributed by atoms with E-state index in [1.54, 1.807) is 0 Å². The van der Waals surface area contributed by atoms with Crippen LogP contribution < -0.4 is 5.32 Å². The maximum absolute atomic E-state index is 12.4. The molecule has 3 rings (SSSR count). The molecule has 2 nitrogen and oxygen atoms in total. The van der Waals surface area contributed by atoms with Crippen molar-refractivity contribution < 1.29 is 6.22 Å². The zero-order valence-corrected chi connectivity index (χ0v) is 12.9. The van der Waals surface area contributed by atoms with Crippen LogP contribution in [0.4, 0.5) is 0 Å². The van der Waals surface area contributed by atoms with Crippen LogP contribution >= 0.6 is 0 Å². The molecule has 3 aromatic rings. The first-order chi connectivity index (χ1) is 10.7. The molecular weight excluding hydrogens is 270 g/mol. The molecule has 0 aliphatic carbocycles. The molecule has 0 unspecified atom stereocenters. The van der Waals surface area contributed by atoms with E-state index in [0.29, 0.717) is 6.54 Å². The first-order valence-corrected chi connectivity index (χ1v) is 7.57. The lowest BCUT2D eigenvalue weighted by molar-refractivity contribution is 0.0956. The molecule has 0 saturated heterocycles. The Morgan fingerprint density at radius 2 is 1.77 bits per heavy atom. The molecule has 0 aromatic heterocycles. The zero-order chi connectivity index (χ0) is 15.5. The molecule has 0 spiro atoms. The van der Waals surface area contributed by atoms with Crippen molar-refractivity contribution in [1.29, 1.82) is 0 Å². The molecule has 112 valence electrons. The van der Waals surface area contributed by atoms with Gasteiger partial charge in [-0.25, -0.2) is 0 Å². The van der Waals surface area contributed by atoms with Crippen molar-refractivity contribution in [2.45, 2.75) is 13.8 Å². The number of benzene rings is 3. The smallest absolute Gasteiger partial charge is 0.251 e. The number of carbonyl (C=O) groups excluding carboxylic acids is 1.